The van der Waals surface area contributed by atoms with Gasteiger partial charge in [-0.25, -0.2) is 18.5 Å². The molecule has 20 heteroatoms. The largest absolute Gasteiger partial charge is 0.242 e. The van der Waals surface area contributed by atoms with Crippen LogP contribution in [0.4, 0.5) is 23.3 Å². The molecule has 0 radical (unpaired) electrons. The highest BCUT2D eigenvalue weighted by Crippen LogP contribution is 2.49. The number of fused-ring (bicyclic) bond motifs is 10. The van der Waals surface area contributed by atoms with Crippen LogP contribution in [-0.2, 0) is 0 Å². The fraction of sp³-hybridized carbons (Fsp3) is 0. The fourth-order valence-corrected chi connectivity index (χ4v) is 3.59. The zero-order chi connectivity index (χ0) is 20.8. The molecular formula is C12H2N16O4. The second-order valence-electron chi connectivity index (χ2n) is 6.41. The van der Waals surface area contributed by atoms with Crippen molar-refractivity contribution in [1.29, 1.82) is 0 Å². The number of aromatic amines is 2. The first kappa shape index (κ1) is 15.3. The molecule has 32 heavy (non-hydrogen) atoms. The first-order valence-corrected chi connectivity index (χ1v) is 8.63. The minimum absolute atomic E-state index is 0.131. The summed E-state index contributed by atoms with van der Waals surface area (Å²) in [5, 5.41) is 56.3. The van der Waals surface area contributed by atoms with Crippen molar-refractivity contribution in [2.24, 2.45) is 0 Å². The molecule has 0 bridgehead atoms. The molecule has 0 amide bonds. The molecule has 0 saturated heterocycles. The van der Waals surface area contributed by atoms with Crippen molar-refractivity contribution in [2.75, 3.05) is 10.0 Å². The van der Waals surface area contributed by atoms with Crippen molar-refractivity contribution >= 4 is 23.3 Å². The Balaban J connectivity index is 1.48. The van der Waals surface area contributed by atoms with Gasteiger partial charge in [-0.15, -0.1) is 0 Å². The zero-order valence-corrected chi connectivity index (χ0v) is 14.9. The second-order valence-corrected chi connectivity index (χ2v) is 6.41. The number of hydrogen-bond acceptors (Lipinski definition) is 18. The van der Waals surface area contributed by atoms with Gasteiger partial charge in [0.05, 0.1) is 0 Å². The highest BCUT2D eigenvalue weighted by Gasteiger charge is 2.45. The standard InChI is InChI=1S/C12H2N16O4/c13-1-2(14-25-13)6-10(22-30-18-6)27(9-5(1)17-29-21-9)28-11-7(19-31-23-11)3-4(16-26-15-3)8-12(28)24-32-20-8/h(H,13,14,25)(H,15,16,26). The van der Waals surface area contributed by atoms with E-state index in [-0.39, 0.29) is 46.0 Å². The summed E-state index contributed by atoms with van der Waals surface area (Å²) in [4.78, 5) is 0. The molecule has 0 aromatic carbocycles. The summed E-state index contributed by atoms with van der Waals surface area (Å²) in [6.45, 7) is 0. The molecule has 2 N–H and O–H groups in total. The first-order valence-electron chi connectivity index (χ1n) is 8.63. The average molecular weight is 434 g/mol. The van der Waals surface area contributed by atoms with Crippen LogP contribution < -0.4 is 10.0 Å². The normalized spacial score (nSPS) is 13.5. The Morgan fingerprint density at radius 1 is 0.375 bits per heavy atom. The second kappa shape index (κ2) is 5.13. The predicted octanol–water partition coefficient (Wildman–Crippen LogP) is -0.359. The lowest BCUT2D eigenvalue weighted by molar-refractivity contribution is 0.303. The number of hydrazine groups is 1. The Kier molecular flexibility index (Phi) is 2.45. The quantitative estimate of drug-likeness (QED) is 0.335. The lowest BCUT2D eigenvalue weighted by Crippen LogP contribution is -2.37. The molecule has 20 nitrogen and oxygen atoms in total. The van der Waals surface area contributed by atoms with E-state index in [0.29, 0.717) is 22.8 Å². The van der Waals surface area contributed by atoms with Crippen LogP contribution in [-0.4, -0.2) is 72.1 Å². The maximum Gasteiger partial charge on any atom is 0.228 e. The van der Waals surface area contributed by atoms with Crippen LogP contribution in [0.15, 0.2) is 18.5 Å². The lowest BCUT2D eigenvalue weighted by atomic mass is 10.2. The van der Waals surface area contributed by atoms with Crippen LogP contribution in [0.1, 0.15) is 0 Å². The molecule has 2 aliphatic rings. The number of anilines is 4. The van der Waals surface area contributed by atoms with E-state index in [1.165, 1.54) is 10.0 Å². The zero-order valence-electron chi connectivity index (χ0n) is 14.9. The molecule has 6 aromatic heterocycles. The number of rotatable bonds is 1. The van der Waals surface area contributed by atoms with Gasteiger partial charge in [-0.2, -0.15) is 40.8 Å². The number of nitrogens with one attached hydrogen (secondary N) is 2. The van der Waals surface area contributed by atoms with Crippen LogP contribution in [0.2, 0.25) is 0 Å². The van der Waals surface area contributed by atoms with Gasteiger partial charge in [0.1, 0.15) is 22.8 Å². The topological polar surface area (TPSA) is 245 Å². The SMILES string of the molecule is n1[nH]nc2c1-c1nonc1N(N1c3nonc3-c3n[nH]nc3-c3nonc31)c1nonc1-2. The molecule has 0 fully saturated rings. The predicted molar refractivity (Wildman–Crippen MR) is 90.2 cm³/mol. The average Bonchev–Trinajstić information content (AvgIpc) is 3.61. The van der Waals surface area contributed by atoms with Gasteiger partial charge in [0.15, 0.2) is 22.8 Å². The van der Waals surface area contributed by atoms with Gasteiger partial charge in [-0.3, -0.25) is 0 Å². The Labute approximate surface area is 170 Å². The monoisotopic (exact) mass is 434 g/mol. The van der Waals surface area contributed by atoms with Crippen molar-refractivity contribution in [1.82, 2.24) is 72.1 Å². The van der Waals surface area contributed by atoms with E-state index in [1.54, 1.807) is 0 Å². The minimum Gasteiger partial charge on any atom is -0.242 e. The Morgan fingerprint density at radius 3 is 0.938 bits per heavy atom. The highest BCUT2D eigenvalue weighted by molar-refractivity contribution is 5.97. The Morgan fingerprint density at radius 2 is 0.656 bits per heavy atom. The van der Waals surface area contributed by atoms with E-state index < -0.39 is 0 Å². The summed E-state index contributed by atoms with van der Waals surface area (Å²) in [6.07, 6.45) is 0. The van der Waals surface area contributed by atoms with E-state index in [1.807, 2.05) is 0 Å². The van der Waals surface area contributed by atoms with E-state index >= 15 is 0 Å². The van der Waals surface area contributed by atoms with Gasteiger partial charge >= 0.3 is 0 Å². The first-order chi connectivity index (χ1) is 15.9. The Hall–Kier alpha value is -5.56. The van der Waals surface area contributed by atoms with Gasteiger partial charge in [0, 0.05) is 0 Å². The van der Waals surface area contributed by atoms with E-state index in [0.717, 1.165) is 0 Å². The molecule has 0 spiro atoms. The van der Waals surface area contributed by atoms with Crippen molar-refractivity contribution in [3.05, 3.63) is 0 Å². The van der Waals surface area contributed by atoms with Crippen molar-refractivity contribution in [3.8, 4) is 45.6 Å². The van der Waals surface area contributed by atoms with E-state index in [4.69, 9.17) is 18.5 Å². The third-order valence-corrected chi connectivity index (χ3v) is 4.88. The number of nitrogens with zero attached hydrogens (tertiary/aromatic N) is 14. The van der Waals surface area contributed by atoms with E-state index in [2.05, 4.69) is 72.1 Å². The summed E-state index contributed by atoms with van der Waals surface area (Å²) in [5.74, 6) is 0.524. The molecule has 8 heterocycles. The molecule has 0 saturated carbocycles. The fourth-order valence-electron chi connectivity index (χ4n) is 3.59. The van der Waals surface area contributed by atoms with Crippen LogP contribution in [0.25, 0.3) is 45.6 Å². The summed E-state index contributed by atoms with van der Waals surface area (Å²) in [5.41, 5.74) is 2.14. The van der Waals surface area contributed by atoms with Crippen LogP contribution in [0.3, 0.4) is 0 Å². The molecule has 0 aliphatic carbocycles. The third-order valence-electron chi connectivity index (χ3n) is 4.88. The van der Waals surface area contributed by atoms with Gasteiger partial charge in [-0.05, 0) is 41.3 Å². The van der Waals surface area contributed by atoms with Gasteiger partial charge in [0.2, 0.25) is 23.3 Å². The summed E-state index contributed by atoms with van der Waals surface area (Å²) in [7, 11) is 0. The third kappa shape index (κ3) is 1.64. The van der Waals surface area contributed by atoms with Crippen molar-refractivity contribution in [2.45, 2.75) is 0 Å². The highest BCUT2D eigenvalue weighted by atomic mass is 16.6. The van der Waals surface area contributed by atoms with Crippen LogP contribution in [0, 0.1) is 0 Å². The Bertz CT molecular complexity index is 1400. The summed E-state index contributed by atoms with van der Waals surface area (Å²) in [6, 6.07) is 0. The summed E-state index contributed by atoms with van der Waals surface area (Å²) < 4.78 is 20.0. The summed E-state index contributed by atoms with van der Waals surface area (Å²) >= 11 is 0. The van der Waals surface area contributed by atoms with Gasteiger partial charge < -0.3 is 0 Å². The molecule has 2 aliphatic heterocycles. The molecule has 8 rings (SSSR count). The molecule has 0 unspecified atom stereocenters. The molecular weight excluding hydrogens is 432 g/mol. The molecule has 0 atom stereocenters. The van der Waals surface area contributed by atoms with Crippen molar-refractivity contribution in [3.63, 3.8) is 0 Å². The van der Waals surface area contributed by atoms with Gasteiger partial charge in [-0.1, -0.05) is 0 Å². The number of aromatic nitrogens is 14. The van der Waals surface area contributed by atoms with E-state index in [9.17, 15) is 0 Å². The van der Waals surface area contributed by atoms with Gasteiger partial charge in [0.25, 0.3) is 0 Å². The molecule has 6 aromatic rings. The van der Waals surface area contributed by atoms with Crippen LogP contribution in [0.5, 0.6) is 0 Å². The lowest BCUT2D eigenvalue weighted by Gasteiger charge is -2.29. The van der Waals surface area contributed by atoms with Crippen molar-refractivity contribution < 1.29 is 18.5 Å². The number of H-pyrrole nitrogens is 2. The maximum absolute atomic E-state index is 5.00. The van der Waals surface area contributed by atoms with Crippen LogP contribution >= 0.6 is 0 Å². The minimum atomic E-state index is 0.131. The smallest absolute Gasteiger partial charge is 0.228 e. The molecule has 154 valence electrons. The maximum atomic E-state index is 5.00. The number of hydrogen-bond donors (Lipinski definition) is 2.